The highest BCUT2D eigenvalue weighted by Gasteiger charge is 2.56. The van der Waals surface area contributed by atoms with E-state index in [-0.39, 0.29) is 12.0 Å². The van der Waals surface area contributed by atoms with Crippen molar-refractivity contribution in [3.05, 3.63) is 5.82 Å². The molecule has 0 unspecified atom stereocenters. The summed E-state index contributed by atoms with van der Waals surface area (Å²) in [5.74, 6) is 8.07. The number of nitrogen functional groups attached to an aromatic ring is 1. The Bertz CT molecular complexity index is 675. The summed E-state index contributed by atoms with van der Waals surface area (Å²) < 4.78 is 33.3. The number of thioether (sulfide) groups is 1. The first kappa shape index (κ1) is 21.2. The van der Waals surface area contributed by atoms with E-state index in [4.69, 9.17) is 20.9 Å². The van der Waals surface area contributed by atoms with E-state index in [0.29, 0.717) is 0 Å². The normalized spacial score (nSPS) is 30.8. The third-order valence-corrected chi connectivity index (χ3v) is 7.05. The van der Waals surface area contributed by atoms with Gasteiger partial charge < -0.3 is 15.0 Å². The van der Waals surface area contributed by atoms with Crippen molar-refractivity contribution in [1.29, 1.82) is 0 Å². The molecule has 1 heterocycles. The van der Waals surface area contributed by atoms with Crippen molar-refractivity contribution in [2.24, 2.45) is 17.8 Å². The summed E-state index contributed by atoms with van der Waals surface area (Å²) in [5.41, 5.74) is 0.256. The van der Waals surface area contributed by atoms with Crippen molar-refractivity contribution in [2.45, 2.75) is 61.7 Å². The lowest BCUT2D eigenvalue weighted by Crippen LogP contribution is -2.58. The molecule has 0 spiro atoms. The minimum Gasteiger partial charge on any atom is -0.542 e. The average molecular weight is 422 g/mol. The average Bonchev–Trinajstić information content (AvgIpc) is 2.95. The van der Waals surface area contributed by atoms with Crippen LogP contribution in [0.1, 0.15) is 50.8 Å². The van der Waals surface area contributed by atoms with Crippen molar-refractivity contribution in [3.8, 4) is 0 Å². The highest BCUT2D eigenvalue weighted by Crippen LogP contribution is 2.59. The van der Waals surface area contributed by atoms with Gasteiger partial charge in [-0.2, -0.15) is 13.2 Å². The molecule has 4 N–H and O–H groups in total. The number of rotatable bonds is 5. The number of nitrogens with one attached hydrogen (secondary N) is 1. The Morgan fingerprint density at radius 3 is 2.21 bits per heavy atom. The van der Waals surface area contributed by atoms with Crippen LogP contribution in [0.3, 0.4) is 0 Å². The lowest BCUT2D eigenvalue weighted by Gasteiger charge is -2.54. The van der Waals surface area contributed by atoms with Crippen molar-refractivity contribution in [3.63, 3.8) is 0 Å². The summed E-state index contributed by atoms with van der Waals surface area (Å²) in [5, 5.41) is 26.2. The molecule has 4 aliphatic rings. The maximum Gasteiger partial charge on any atom is 0.430 e. The van der Waals surface area contributed by atoms with E-state index in [1.807, 2.05) is 0 Å². The van der Waals surface area contributed by atoms with Gasteiger partial charge in [-0.25, -0.2) is 0 Å². The highest BCUT2D eigenvalue weighted by molar-refractivity contribution is 7.99. The SMILES string of the molecule is N[n+]1c(SCCCO)n[nH]c1C12CC3CC(CC(C3)C1)C2.O=C([O-])C(F)(F)F. The number of carboxylic acid groups (broad SMARTS) is 1. The number of aromatic amines is 1. The third-order valence-electron chi connectivity index (χ3n) is 6.01. The summed E-state index contributed by atoms with van der Waals surface area (Å²) in [4.78, 5) is 8.78. The van der Waals surface area contributed by atoms with E-state index in [2.05, 4.69) is 10.2 Å². The number of aromatic nitrogens is 3. The van der Waals surface area contributed by atoms with Crippen LogP contribution >= 0.6 is 11.8 Å². The summed E-state index contributed by atoms with van der Waals surface area (Å²) in [6.45, 7) is 0.226. The van der Waals surface area contributed by atoms with Crippen LogP contribution in [0.5, 0.6) is 0 Å². The zero-order valence-electron chi connectivity index (χ0n) is 15.4. The van der Waals surface area contributed by atoms with Crippen LogP contribution in [0.25, 0.3) is 0 Å². The van der Waals surface area contributed by atoms with Crippen LogP contribution in [-0.2, 0) is 10.2 Å². The number of H-pyrrole nitrogens is 1. The second-order valence-electron chi connectivity index (χ2n) is 8.13. The Kier molecular flexibility index (Phi) is 6.14. The summed E-state index contributed by atoms with van der Waals surface area (Å²) in [7, 11) is 0. The molecular weight excluding hydrogens is 397 g/mol. The van der Waals surface area contributed by atoms with E-state index in [9.17, 15) is 13.2 Å². The van der Waals surface area contributed by atoms with Crippen molar-refractivity contribution < 1.29 is 32.9 Å². The number of alkyl halides is 3. The van der Waals surface area contributed by atoms with Crippen LogP contribution < -0.4 is 15.6 Å². The van der Waals surface area contributed by atoms with Gasteiger partial charge >= 0.3 is 11.3 Å². The van der Waals surface area contributed by atoms with E-state index in [0.717, 1.165) is 40.9 Å². The lowest BCUT2D eigenvalue weighted by molar-refractivity contribution is -0.690. The maximum atomic E-state index is 10.5. The molecule has 4 saturated carbocycles. The molecule has 1 aromatic rings. The molecule has 5 rings (SSSR count). The van der Waals surface area contributed by atoms with Gasteiger partial charge in [-0.15, -0.1) is 9.77 Å². The Balaban J connectivity index is 0.000000279. The van der Waals surface area contributed by atoms with E-state index < -0.39 is 12.1 Å². The smallest absolute Gasteiger partial charge is 0.430 e. The first-order valence-electron chi connectivity index (χ1n) is 9.42. The predicted molar refractivity (Wildman–Crippen MR) is 92.3 cm³/mol. The first-order chi connectivity index (χ1) is 13.1. The number of nitrogens with two attached hydrogens (primary N) is 1. The highest BCUT2D eigenvalue weighted by atomic mass is 32.2. The zero-order valence-corrected chi connectivity index (χ0v) is 16.2. The number of carbonyl (C=O) groups is 1. The van der Waals surface area contributed by atoms with Gasteiger partial charge in [-0.1, -0.05) is 0 Å². The topological polar surface area (TPSA) is 119 Å². The molecule has 0 amide bonds. The van der Waals surface area contributed by atoms with Crippen molar-refractivity contribution >= 4 is 17.7 Å². The standard InChI is InChI=1S/C15H24N4OS.C2HF3O2/c16-19-13(17-18-14(19)21-3-1-2-20)15-7-10-4-11(8-15)6-12(5-10)9-15;3-2(4,5)1(6)7/h10-12,20H,1-9,16H2;(H,6,7). The largest absolute Gasteiger partial charge is 0.542 e. The van der Waals surface area contributed by atoms with Crippen molar-refractivity contribution in [1.82, 2.24) is 10.2 Å². The predicted octanol–water partition coefficient (Wildman–Crippen LogP) is 0.652. The molecule has 28 heavy (non-hydrogen) atoms. The monoisotopic (exact) mass is 422 g/mol. The maximum absolute atomic E-state index is 10.5. The number of hydrogen-bond donors (Lipinski definition) is 3. The zero-order chi connectivity index (χ0) is 20.5. The van der Waals surface area contributed by atoms with Crippen LogP contribution in [0.4, 0.5) is 13.2 Å². The Morgan fingerprint density at radius 2 is 1.79 bits per heavy atom. The second kappa shape index (κ2) is 8.10. The lowest BCUT2D eigenvalue weighted by atomic mass is 9.49. The van der Waals surface area contributed by atoms with Crippen molar-refractivity contribution in [2.75, 3.05) is 18.2 Å². The molecule has 0 saturated heterocycles. The summed E-state index contributed by atoms with van der Waals surface area (Å²) in [6.07, 6.45) is 3.78. The Labute approximate surface area is 164 Å². The van der Waals surface area contributed by atoms with E-state index in [1.165, 1.54) is 38.5 Å². The van der Waals surface area contributed by atoms with Gasteiger partial charge in [-0.05, 0) is 74.5 Å². The molecular formula is C17H25F3N4O3S. The Morgan fingerprint density at radius 1 is 1.29 bits per heavy atom. The van der Waals surface area contributed by atoms with Gasteiger partial charge in [0.25, 0.3) is 5.82 Å². The molecule has 0 atom stereocenters. The molecule has 0 radical (unpaired) electrons. The van der Waals surface area contributed by atoms with Crippen LogP contribution in [-0.4, -0.2) is 39.8 Å². The van der Waals surface area contributed by atoms with Crippen LogP contribution in [0.15, 0.2) is 5.16 Å². The van der Waals surface area contributed by atoms with Gasteiger partial charge in [0.15, 0.2) is 0 Å². The number of carboxylic acids is 1. The number of carbonyl (C=O) groups excluding carboxylic acids is 1. The third kappa shape index (κ3) is 4.40. The molecule has 11 heteroatoms. The van der Waals surface area contributed by atoms with E-state index >= 15 is 0 Å². The molecule has 1 aromatic heterocycles. The minimum absolute atomic E-state index is 0.226. The molecule has 7 nitrogen and oxygen atoms in total. The second-order valence-corrected chi connectivity index (χ2v) is 9.20. The van der Waals surface area contributed by atoms with Gasteiger partial charge in [-0.3, -0.25) is 5.84 Å². The fourth-order valence-corrected chi connectivity index (χ4v) is 6.21. The van der Waals surface area contributed by atoms with Gasteiger partial charge in [0, 0.05) is 12.4 Å². The molecule has 0 aromatic carbocycles. The number of halogens is 3. The molecule has 4 aliphatic carbocycles. The van der Waals surface area contributed by atoms with Gasteiger partial charge in [0.2, 0.25) is 0 Å². The van der Waals surface area contributed by atoms with Crippen LogP contribution in [0, 0.1) is 17.8 Å². The van der Waals surface area contributed by atoms with Gasteiger partial charge in [0.1, 0.15) is 5.97 Å². The molecule has 4 bridgehead atoms. The summed E-state index contributed by atoms with van der Waals surface area (Å²) in [6, 6.07) is 0. The fraction of sp³-hybridized carbons (Fsp3) is 0.824. The number of aliphatic hydroxyl groups excluding tert-OH is 1. The fourth-order valence-electron chi connectivity index (χ4n) is 5.41. The number of hydrogen-bond acceptors (Lipinski definition) is 6. The Hall–Kier alpha value is -1.49. The summed E-state index contributed by atoms with van der Waals surface area (Å²) >= 11 is 1.63. The van der Waals surface area contributed by atoms with E-state index in [1.54, 1.807) is 16.4 Å². The minimum atomic E-state index is -5.19. The molecule has 158 valence electrons. The van der Waals surface area contributed by atoms with Crippen LogP contribution in [0.2, 0.25) is 0 Å². The molecule has 0 aliphatic heterocycles. The number of nitrogens with zero attached hydrogens (tertiary/aromatic N) is 2. The number of aliphatic hydroxyl groups is 1. The quantitative estimate of drug-likeness (QED) is 0.278. The molecule has 4 fully saturated rings. The number of aliphatic carboxylic acids is 1. The van der Waals surface area contributed by atoms with Gasteiger partial charge in [0.05, 0.1) is 10.5 Å². The first-order valence-corrected chi connectivity index (χ1v) is 10.4.